The van der Waals surface area contributed by atoms with Crippen LogP contribution in [-0.2, 0) is 11.2 Å². The molecule has 4 rings (SSSR count). The summed E-state index contributed by atoms with van der Waals surface area (Å²) < 4.78 is 0. The van der Waals surface area contributed by atoms with Crippen LogP contribution in [0.15, 0.2) is 42.9 Å². The van der Waals surface area contributed by atoms with E-state index in [0.717, 1.165) is 19.3 Å². The molecule has 1 atom stereocenters. The molecular formula is C21H25N5O2. The maximum atomic E-state index is 12.6. The summed E-state index contributed by atoms with van der Waals surface area (Å²) in [7, 11) is 0. The Bertz CT molecular complexity index is 834. The Morgan fingerprint density at radius 2 is 1.93 bits per heavy atom. The topological polar surface area (TPSA) is 78.4 Å². The van der Waals surface area contributed by atoms with Gasteiger partial charge in [0.1, 0.15) is 5.69 Å². The van der Waals surface area contributed by atoms with Crippen LogP contribution in [0.25, 0.3) is 0 Å². The average Bonchev–Trinajstić information content (AvgIpc) is 2.75. The highest BCUT2D eigenvalue weighted by Crippen LogP contribution is 2.29. The van der Waals surface area contributed by atoms with Crippen molar-refractivity contribution in [2.45, 2.75) is 25.3 Å². The molecule has 7 heteroatoms. The Hall–Kier alpha value is -2.80. The molecule has 1 aromatic carbocycles. The second-order valence-corrected chi connectivity index (χ2v) is 7.37. The molecule has 2 aliphatic rings. The fourth-order valence-corrected chi connectivity index (χ4v) is 4.03. The third-order valence-corrected chi connectivity index (χ3v) is 5.51. The number of hydrogen-bond acceptors (Lipinski definition) is 5. The van der Waals surface area contributed by atoms with Gasteiger partial charge in [0.2, 0.25) is 5.91 Å². The van der Waals surface area contributed by atoms with E-state index in [2.05, 4.69) is 38.4 Å². The van der Waals surface area contributed by atoms with Crippen molar-refractivity contribution in [3.63, 3.8) is 0 Å². The summed E-state index contributed by atoms with van der Waals surface area (Å²) >= 11 is 0. The van der Waals surface area contributed by atoms with Gasteiger partial charge in [-0.2, -0.15) is 0 Å². The monoisotopic (exact) mass is 379 g/mol. The molecule has 1 aromatic heterocycles. The van der Waals surface area contributed by atoms with Crippen LogP contribution in [0.1, 0.15) is 40.5 Å². The fourth-order valence-electron chi connectivity index (χ4n) is 4.03. The zero-order valence-corrected chi connectivity index (χ0v) is 15.9. The van der Waals surface area contributed by atoms with Gasteiger partial charge in [0.05, 0.1) is 18.8 Å². The number of nitrogens with zero attached hydrogens (tertiary/aromatic N) is 4. The molecule has 2 heterocycles. The van der Waals surface area contributed by atoms with Crippen LogP contribution >= 0.6 is 0 Å². The van der Waals surface area contributed by atoms with Crippen molar-refractivity contribution in [2.75, 3.05) is 32.7 Å². The van der Waals surface area contributed by atoms with Gasteiger partial charge in [0, 0.05) is 38.6 Å². The summed E-state index contributed by atoms with van der Waals surface area (Å²) in [4.78, 5) is 36.9. The lowest BCUT2D eigenvalue weighted by molar-refractivity contribution is -0.123. The number of nitrogens with one attached hydrogen (secondary N) is 1. The number of amides is 2. The smallest absolute Gasteiger partial charge is 0.274 e. The SMILES string of the molecule is O=C(CN1CCN(C(=O)c2cnccn2)CC1)NC1CCCc2ccccc21. The van der Waals surface area contributed by atoms with E-state index in [1.807, 2.05) is 6.07 Å². The Morgan fingerprint density at radius 1 is 1.11 bits per heavy atom. The second-order valence-electron chi connectivity index (χ2n) is 7.37. The first-order chi connectivity index (χ1) is 13.7. The van der Waals surface area contributed by atoms with E-state index >= 15 is 0 Å². The summed E-state index contributed by atoms with van der Waals surface area (Å²) in [5.74, 6) is -0.0496. The van der Waals surface area contributed by atoms with Gasteiger partial charge in [0.15, 0.2) is 0 Å². The molecule has 2 aromatic rings. The van der Waals surface area contributed by atoms with Crippen molar-refractivity contribution in [3.8, 4) is 0 Å². The van der Waals surface area contributed by atoms with E-state index < -0.39 is 0 Å². The van der Waals surface area contributed by atoms with Crippen molar-refractivity contribution in [3.05, 3.63) is 59.7 Å². The van der Waals surface area contributed by atoms with Gasteiger partial charge < -0.3 is 10.2 Å². The van der Waals surface area contributed by atoms with Gasteiger partial charge in [-0.05, 0) is 30.4 Å². The molecule has 1 fully saturated rings. The molecule has 1 unspecified atom stereocenters. The van der Waals surface area contributed by atoms with E-state index in [4.69, 9.17) is 0 Å². The van der Waals surface area contributed by atoms with Gasteiger partial charge in [0.25, 0.3) is 5.91 Å². The minimum Gasteiger partial charge on any atom is -0.348 e. The van der Waals surface area contributed by atoms with Crippen LogP contribution in [0.5, 0.6) is 0 Å². The molecule has 2 amide bonds. The van der Waals surface area contributed by atoms with Gasteiger partial charge in [-0.3, -0.25) is 19.5 Å². The molecule has 0 bridgehead atoms. The quantitative estimate of drug-likeness (QED) is 0.869. The number of aryl methyl sites for hydroxylation is 1. The molecule has 0 saturated carbocycles. The first kappa shape index (κ1) is 18.6. The molecule has 1 aliphatic carbocycles. The zero-order valence-electron chi connectivity index (χ0n) is 15.9. The van der Waals surface area contributed by atoms with Crippen molar-refractivity contribution < 1.29 is 9.59 Å². The van der Waals surface area contributed by atoms with E-state index in [9.17, 15) is 9.59 Å². The van der Waals surface area contributed by atoms with Crippen LogP contribution < -0.4 is 5.32 Å². The summed E-state index contributed by atoms with van der Waals surface area (Å²) in [5.41, 5.74) is 2.96. The molecule has 1 saturated heterocycles. The number of benzene rings is 1. The van der Waals surface area contributed by atoms with Crippen LogP contribution in [0, 0.1) is 0 Å². The largest absolute Gasteiger partial charge is 0.348 e. The molecular weight excluding hydrogens is 354 g/mol. The first-order valence-electron chi connectivity index (χ1n) is 9.85. The van der Waals surface area contributed by atoms with E-state index in [-0.39, 0.29) is 17.9 Å². The van der Waals surface area contributed by atoms with Gasteiger partial charge >= 0.3 is 0 Å². The van der Waals surface area contributed by atoms with Gasteiger partial charge in [-0.25, -0.2) is 4.98 Å². The molecule has 1 N–H and O–H groups in total. The maximum Gasteiger partial charge on any atom is 0.274 e. The Labute approximate surface area is 164 Å². The fraction of sp³-hybridized carbons (Fsp3) is 0.429. The van der Waals surface area contributed by atoms with Crippen molar-refractivity contribution in [2.24, 2.45) is 0 Å². The molecule has 0 spiro atoms. The first-order valence-corrected chi connectivity index (χ1v) is 9.85. The number of fused-ring (bicyclic) bond motifs is 1. The van der Waals surface area contributed by atoms with Crippen LogP contribution in [0.3, 0.4) is 0 Å². The maximum absolute atomic E-state index is 12.6. The standard InChI is InChI=1S/C21H25N5O2/c27-20(24-18-7-3-5-16-4-1-2-6-17(16)18)15-25-10-12-26(13-11-25)21(28)19-14-22-8-9-23-19/h1-2,4,6,8-9,14,18H,3,5,7,10-13,15H2,(H,24,27). The van der Waals surface area contributed by atoms with Gasteiger partial charge in [-0.15, -0.1) is 0 Å². The van der Waals surface area contributed by atoms with Crippen molar-refractivity contribution >= 4 is 11.8 Å². The average molecular weight is 379 g/mol. The number of piperazine rings is 1. The minimum absolute atomic E-state index is 0.0513. The van der Waals surface area contributed by atoms with Crippen molar-refractivity contribution in [1.82, 2.24) is 25.1 Å². The van der Waals surface area contributed by atoms with E-state index in [1.165, 1.54) is 23.5 Å². The Balaban J connectivity index is 1.27. The molecule has 28 heavy (non-hydrogen) atoms. The molecule has 0 radical (unpaired) electrons. The predicted molar refractivity (Wildman–Crippen MR) is 105 cm³/mol. The van der Waals surface area contributed by atoms with Crippen LogP contribution in [-0.4, -0.2) is 64.3 Å². The lowest BCUT2D eigenvalue weighted by atomic mass is 9.88. The number of rotatable bonds is 4. The number of carbonyl (C=O) groups is 2. The Morgan fingerprint density at radius 3 is 2.71 bits per heavy atom. The van der Waals surface area contributed by atoms with Gasteiger partial charge in [-0.1, -0.05) is 24.3 Å². The summed E-state index contributed by atoms with van der Waals surface area (Å²) in [5, 5.41) is 3.20. The molecule has 7 nitrogen and oxygen atoms in total. The van der Waals surface area contributed by atoms with Crippen LogP contribution in [0.2, 0.25) is 0 Å². The summed E-state index contributed by atoms with van der Waals surface area (Å²) in [6, 6.07) is 8.48. The van der Waals surface area contributed by atoms with Crippen LogP contribution in [0.4, 0.5) is 0 Å². The summed E-state index contributed by atoms with van der Waals surface area (Å²) in [6.07, 6.45) is 7.75. The zero-order chi connectivity index (χ0) is 19.3. The lowest BCUT2D eigenvalue weighted by Gasteiger charge is -2.34. The minimum atomic E-state index is -0.101. The highest BCUT2D eigenvalue weighted by Gasteiger charge is 2.26. The second kappa shape index (κ2) is 8.48. The number of carbonyl (C=O) groups excluding carboxylic acids is 2. The van der Waals surface area contributed by atoms with E-state index in [1.54, 1.807) is 11.1 Å². The third kappa shape index (κ3) is 4.20. The normalized spacial score (nSPS) is 19.7. The third-order valence-electron chi connectivity index (χ3n) is 5.51. The highest BCUT2D eigenvalue weighted by atomic mass is 16.2. The summed E-state index contributed by atoms with van der Waals surface area (Å²) in [6.45, 7) is 2.91. The van der Waals surface area contributed by atoms with Crippen molar-refractivity contribution in [1.29, 1.82) is 0 Å². The van der Waals surface area contributed by atoms with E-state index in [0.29, 0.717) is 38.4 Å². The Kier molecular flexibility index (Phi) is 5.62. The number of aromatic nitrogens is 2. The molecule has 146 valence electrons. The highest BCUT2D eigenvalue weighted by molar-refractivity contribution is 5.92. The molecule has 1 aliphatic heterocycles. The lowest BCUT2D eigenvalue weighted by Crippen LogP contribution is -2.51. The predicted octanol–water partition coefficient (Wildman–Crippen LogP) is 1.43. The number of hydrogen-bond donors (Lipinski definition) is 1.